The summed E-state index contributed by atoms with van der Waals surface area (Å²) in [4.78, 5) is 35.3. The zero-order valence-electron chi connectivity index (χ0n) is 19.0. The van der Waals surface area contributed by atoms with Gasteiger partial charge >= 0.3 is 18.2 Å². The van der Waals surface area contributed by atoms with E-state index in [2.05, 4.69) is 29.3 Å². The molecule has 1 unspecified atom stereocenters. The summed E-state index contributed by atoms with van der Waals surface area (Å²) < 4.78 is 10.2. The van der Waals surface area contributed by atoms with Gasteiger partial charge in [-0.1, -0.05) is 74.0 Å². The highest BCUT2D eigenvalue weighted by atomic mass is 16.6. The summed E-state index contributed by atoms with van der Waals surface area (Å²) >= 11 is 0. The Bertz CT molecular complexity index is 976. The van der Waals surface area contributed by atoms with E-state index < -0.39 is 24.2 Å². The number of benzene rings is 2. The van der Waals surface area contributed by atoms with E-state index in [9.17, 15) is 19.5 Å². The van der Waals surface area contributed by atoms with Gasteiger partial charge in [0, 0.05) is 12.5 Å². The summed E-state index contributed by atoms with van der Waals surface area (Å²) in [5.74, 6) is -1.20. The first kappa shape index (κ1) is 24.8. The average Bonchev–Trinajstić information content (AvgIpc) is 3.16. The van der Waals surface area contributed by atoms with E-state index in [1.165, 1.54) is 6.08 Å². The lowest BCUT2D eigenvalue weighted by Crippen LogP contribution is -2.41. The predicted molar refractivity (Wildman–Crippen MR) is 128 cm³/mol. The maximum absolute atomic E-state index is 12.4. The van der Waals surface area contributed by atoms with E-state index in [1.54, 1.807) is 0 Å². The Morgan fingerprint density at radius 1 is 0.941 bits per heavy atom. The van der Waals surface area contributed by atoms with Gasteiger partial charge in [-0.25, -0.2) is 14.4 Å². The molecule has 8 nitrogen and oxygen atoms in total. The van der Waals surface area contributed by atoms with Crippen molar-refractivity contribution in [2.45, 2.75) is 37.6 Å². The van der Waals surface area contributed by atoms with Crippen LogP contribution in [0.3, 0.4) is 0 Å². The summed E-state index contributed by atoms with van der Waals surface area (Å²) in [7, 11) is 0. The molecule has 0 saturated heterocycles. The lowest BCUT2D eigenvalue weighted by atomic mass is 9.98. The van der Waals surface area contributed by atoms with Crippen LogP contribution in [0.2, 0.25) is 0 Å². The van der Waals surface area contributed by atoms with Crippen molar-refractivity contribution >= 4 is 18.2 Å². The smallest absolute Gasteiger partial charge is 0.407 e. The number of carboxylic acid groups (broad SMARTS) is 1. The van der Waals surface area contributed by atoms with E-state index in [-0.39, 0.29) is 25.6 Å². The second-order valence-electron chi connectivity index (χ2n) is 8.02. The summed E-state index contributed by atoms with van der Waals surface area (Å²) in [6, 6.07) is 15.0. The molecule has 34 heavy (non-hydrogen) atoms. The molecule has 1 aliphatic carbocycles. The summed E-state index contributed by atoms with van der Waals surface area (Å²) in [5.41, 5.74) is 4.43. The molecule has 3 N–H and O–H groups in total. The van der Waals surface area contributed by atoms with Crippen LogP contribution in [0.4, 0.5) is 9.59 Å². The van der Waals surface area contributed by atoms with E-state index in [4.69, 9.17) is 9.47 Å². The molecular weight excluding hydrogens is 436 g/mol. The zero-order valence-corrected chi connectivity index (χ0v) is 19.0. The number of hydrogen-bond acceptors (Lipinski definition) is 5. The molecule has 0 spiro atoms. The second-order valence-corrected chi connectivity index (χ2v) is 8.02. The van der Waals surface area contributed by atoms with Crippen molar-refractivity contribution in [2.24, 2.45) is 0 Å². The molecule has 0 heterocycles. The third-order valence-corrected chi connectivity index (χ3v) is 5.71. The van der Waals surface area contributed by atoms with Gasteiger partial charge in [0.05, 0.1) is 0 Å². The molecule has 0 radical (unpaired) electrons. The van der Waals surface area contributed by atoms with Gasteiger partial charge < -0.3 is 25.2 Å². The number of unbranched alkanes of at least 4 members (excludes halogenated alkanes) is 2. The Labute approximate surface area is 199 Å². The molecule has 2 aromatic rings. The van der Waals surface area contributed by atoms with E-state index >= 15 is 0 Å². The van der Waals surface area contributed by atoms with Gasteiger partial charge in [0.1, 0.15) is 19.3 Å². The third kappa shape index (κ3) is 6.60. The minimum Gasteiger partial charge on any atom is -0.480 e. The van der Waals surface area contributed by atoms with Crippen molar-refractivity contribution in [3.8, 4) is 11.1 Å². The van der Waals surface area contributed by atoms with E-state index in [0.29, 0.717) is 25.8 Å². The number of carbonyl (C=O) groups excluding carboxylic acids is 2. The first-order valence-electron chi connectivity index (χ1n) is 11.4. The van der Waals surface area contributed by atoms with Crippen LogP contribution >= 0.6 is 0 Å². The number of hydrogen-bond donors (Lipinski definition) is 3. The van der Waals surface area contributed by atoms with Crippen LogP contribution in [0.1, 0.15) is 42.7 Å². The third-order valence-electron chi connectivity index (χ3n) is 5.71. The van der Waals surface area contributed by atoms with Crippen molar-refractivity contribution in [3.63, 3.8) is 0 Å². The van der Waals surface area contributed by atoms with Crippen LogP contribution in [0.5, 0.6) is 0 Å². The van der Waals surface area contributed by atoms with Gasteiger partial charge in [-0.15, -0.1) is 0 Å². The Balaban J connectivity index is 1.43. The van der Waals surface area contributed by atoms with Crippen LogP contribution in [0, 0.1) is 0 Å². The Morgan fingerprint density at radius 3 is 2.21 bits per heavy atom. The Morgan fingerprint density at radius 2 is 1.59 bits per heavy atom. The lowest BCUT2D eigenvalue weighted by Gasteiger charge is -2.17. The fourth-order valence-electron chi connectivity index (χ4n) is 4.07. The highest BCUT2D eigenvalue weighted by molar-refractivity contribution is 5.81. The molecule has 0 fully saturated rings. The van der Waals surface area contributed by atoms with Crippen LogP contribution < -0.4 is 10.6 Å². The fraction of sp³-hybridized carbons (Fsp3) is 0.346. The molecule has 0 aliphatic heterocycles. The van der Waals surface area contributed by atoms with E-state index in [1.807, 2.05) is 36.4 Å². The standard InChI is InChI=1S/C26H30N2O6/c1-2-16-33-25(31)27-15-9-3-4-14-23(24(29)30)28-26(32)34-17-22-20-12-7-5-10-18(20)19-11-6-8-13-21(19)22/h2,5-8,10-13,22-23H,1,3-4,9,14-17H2,(H,27,31)(H,28,32)(H,29,30). The molecule has 8 heteroatoms. The predicted octanol–water partition coefficient (Wildman–Crippen LogP) is 4.45. The molecule has 0 aromatic heterocycles. The fourth-order valence-corrected chi connectivity index (χ4v) is 4.07. The average molecular weight is 467 g/mol. The molecular formula is C26H30N2O6. The number of carbonyl (C=O) groups is 3. The maximum Gasteiger partial charge on any atom is 0.407 e. The highest BCUT2D eigenvalue weighted by Crippen LogP contribution is 2.44. The molecule has 1 atom stereocenters. The molecule has 1 aliphatic rings. The minimum absolute atomic E-state index is 0.0907. The summed E-state index contributed by atoms with van der Waals surface area (Å²) in [6.07, 6.45) is 2.42. The van der Waals surface area contributed by atoms with Crippen LogP contribution in [-0.4, -0.2) is 49.1 Å². The molecule has 2 amide bonds. The largest absolute Gasteiger partial charge is 0.480 e. The van der Waals surface area contributed by atoms with Gasteiger partial charge in [0.2, 0.25) is 0 Å². The number of amides is 2. The maximum atomic E-state index is 12.4. The van der Waals surface area contributed by atoms with Crippen molar-refractivity contribution in [1.82, 2.24) is 10.6 Å². The number of fused-ring (bicyclic) bond motifs is 3. The highest BCUT2D eigenvalue weighted by Gasteiger charge is 2.29. The monoisotopic (exact) mass is 466 g/mol. The lowest BCUT2D eigenvalue weighted by molar-refractivity contribution is -0.139. The number of alkyl carbamates (subject to hydrolysis) is 2. The number of rotatable bonds is 12. The molecule has 0 saturated carbocycles. The van der Waals surface area contributed by atoms with Gasteiger partial charge in [0.15, 0.2) is 0 Å². The molecule has 2 aromatic carbocycles. The van der Waals surface area contributed by atoms with Gasteiger partial charge in [-0.05, 0) is 35.1 Å². The molecule has 0 bridgehead atoms. The van der Waals surface area contributed by atoms with Gasteiger partial charge in [0.25, 0.3) is 0 Å². The first-order valence-corrected chi connectivity index (χ1v) is 11.4. The van der Waals surface area contributed by atoms with Crippen LogP contribution in [0.15, 0.2) is 61.2 Å². The second kappa shape index (κ2) is 12.4. The van der Waals surface area contributed by atoms with Crippen molar-refractivity contribution in [2.75, 3.05) is 19.8 Å². The van der Waals surface area contributed by atoms with Crippen LogP contribution in [0.25, 0.3) is 11.1 Å². The Kier molecular flexibility index (Phi) is 9.08. The SMILES string of the molecule is C=CCOC(=O)NCCCCCC(NC(=O)OCC1c2ccccc2-c2ccccc21)C(=O)O. The zero-order chi connectivity index (χ0) is 24.3. The number of carboxylic acids is 1. The molecule has 3 rings (SSSR count). The minimum atomic E-state index is -1.11. The summed E-state index contributed by atoms with van der Waals surface area (Å²) in [5, 5.41) is 14.5. The number of nitrogens with one attached hydrogen (secondary N) is 2. The first-order chi connectivity index (χ1) is 16.5. The van der Waals surface area contributed by atoms with E-state index in [0.717, 1.165) is 22.3 Å². The Hall–Kier alpha value is -3.81. The quantitative estimate of drug-likeness (QED) is 0.315. The van der Waals surface area contributed by atoms with Crippen molar-refractivity contribution in [1.29, 1.82) is 0 Å². The normalized spacial score (nSPS) is 12.7. The number of aliphatic carboxylic acids is 1. The topological polar surface area (TPSA) is 114 Å². The summed E-state index contributed by atoms with van der Waals surface area (Å²) in [6.45, 7) is 4.16. The van der Waals surface area contributed by atoms with Crippen molar-refractivity contribution in [3.05, 3.63) is 72.3 Å². The molecule has 180 valence electrons. The number of ether oxygens (including phenoxy) is 2. The van der Waals surface area contributed by atoms with Gasteiger partial charge in [-0.3, -0.25) is 0 Å². The van der Waals surface area contributed by atoms with Crippen molar-refractivity contribution < 1.29 is 29.0 Å². The van der Waals surface area contributed by atoms with Crippen LogP contribution in [-0.2, 0) is 14.3 Å². The van der Waals surface area contributed by atoms with Gasteiger partial charge in [-0.2, -0.15) is 0 Å².